The van der Waals surface area contributed by atoms with Gasteiger partial charge in [0.1, 0.15) is 12.4 Å². The molecule has 0 aliphatic carbocycles. The minimum atomic E-state index is -3.23. The molecule has 1 atom stereocenters. The Morgan fingerprint density at radius 1 is 1.19 bits per heavy atom. The van der Waals surface area contributed by atoms with Gasteiger partial charge in [-0.2, -0.15) is 0 Å². The van der Waals surface area contributed by atoms with Gasteiger partial charge in [-0.3, -0.25) is 0 Å². The van der Waals surface area contributed by atoms with Crippen molar-refractivity contribution in [2.24, 2.45) is 0 Å². The summed E-state index contributed by atoms with van der Waals surface area (Å²) in [6, 6.07) is 13.9. The molecule has 0 aromatic heterocycles. The molecule has 0 saturated heterocycles. The van der Waals surface area contributed by atoms with Crippen molar-refractivity contribution in [1.29, 1.82) is 0 Å². The maximum atomic E-state index is 12.3. The zero-order valence-corrected chi connectivity index (χ0v) is 16.9. The van der Waals surface area contributed by atoms with E-state index >= 15 is 0 Å². The molecule has 1 unspecified atom stereocenters. The molecule has 27 heavy (non-hydrogen) atoms. The van der Waals surface area contributed by atoms with Crippen molar-refractivity contribution in [3.8, 4) is 5.75 Å². The summed E-state index contributed by atoms with van der Waals surface area (Å²) in [5.41, 5.74) is 1.98. The molecule has 2 aromatic carbocycles. The Bertz CT molecular complexity index is 879. The number of carbonyl (C=O) groups is 1. The van der Waals surface area contributed by atoms with Crippen LogP contribution in [0.25, 0.3) is 0 Å². The number of nitrogens with zero attached hydrogens (tertiary/aromatic N) is 1. The van der Waals surface area contributed by atoms with Crippen LogP contribution < -0.4 is 10.1 Å². The largest absolute Gasteiger partial charge is 0.492 e. The highest BCUT2D eigenvalue weighted by Gasteiger charge is 2.17. The van der Waals surface area contributed by atoms with Gasteiger partial charge in [-0.25, -0.2) is 13.2 Å². The predicted molar refractivity (Wildman–Crippen MR) is 106 cm³/mol. The molecule has 0 fully saturated rings. The van der Waals surface area contributed by atoms with Gasteiger partial charge in [0.05, 0.1) is 17.5 Å². The van der Waals surface area contributed by atoms with E-state index in [4.69, 9.17) is 4.74 Å². The van der Waals surface area contributed by atoms with Gasteiger partial charge in [-0.05, 0) is 49.2 Å². The summed E-state index contributed by atoms with van der Waals surface area (Å²) in [5, 5.41) is 2.82. The Labute approximate surface area is 161 Å². The molecule has 2 rings (SSSR count). The van der Waals surface area contributed by atoms with Crippen LogP contribution in [0.2, 0.25) is 0 Å². The first-order valence-corrected chi connectivity index (χ1v) is 10.6. The van der Waals surface area contributed by atoms with Gasteiger partial charge in [-0.15, -0.1) is 0 Å². The molecule has 2 amide bonds. The molecule has 7 heteroatoms. The lowest BCUT2D eigenvalue weighted by Gasteiger charge is -2.25. The van der Waals surface area contributed by atoms with Crippen LogP contribution in [0.3, 0.4) is 0 Å². The van der Waals surface area contributed by atoms with E-state index in [1.165, 1.54) is 6.26 Å². The first kappa shape index (κ1) is 20.8. The molecule has 0 saturated carbocycles. The van der Waals surface area contributed by atoms with E-state index in [9.17, 15) is 13.2 Å². The van der Waals surface area contributed by atoms with Crippen LogP contribution in [0, 0.1) is 6.92 Å². The highest BCUT2D eigenvalue weighted by molar-refractivity contribution is 7.90. The first-order valence-electron chi connectivity index (χ1n) is 8.68. The van der Waals surface area contributed by atoms with Crippen molar-refractivity contribution in [3.05, 3.63) is 59.7 Å². The Morgan fingerprint density at radius 2 is 1.85 bits per heavy atom. The molecular formula is C20H26N2O4S. The number of ether oxygens (including phenoxy) is 1. The predicted octanol–water partition coefficient (Wildman–Crippen LogP) is 3.18. The van der Waals surface area contributed by atoms with E-state index in [2.05, 4.69) is 5.32 Å². The standard InChI is InChI=1S/C20H26N2O4S/c1-15-6-5-7-18(14-15)26-13-12-21-20(23)22(3)16(2)17-8-10-19(11-9-17)27(4,24)25/h5-11,14,16H,12-13H2,1-4H3,(H,21,23). The number of benzene rings is 2. The van der Waals surface area contributed by atoms with Gasteiger partial charge in [0.25, 0.3) is 0 Å². The van der Waals surface area contributed by atoms with Crippen molar-refractivity contribution < 1.29 is 17.9 Å². The third-order valence-corrected chi connectivity index (χ3v) is 5.46. The summed E-state index contributed by atoms with van der Waals surface area (Å²) in [5.74, 6) is 0.775. The number of nitrogens with one attached hydrogen (secondary N) is 1. The second kappa shape index (κ2) is 8.90. The molecule has 0 bridgehead atoms. The maximum absolute atomic E-state index is 12.3. The number of aryl methyl sites for hydroxylation is 1. The minimum absolute atomic E-state index is 0.198. The van der Waals surface area contributed by atoms with E-state index in [-0.39, 0.29) is 17.0 Å². The highest BCUT2D eigenvalue weighted by atomic mass is 32.2. The lowest BCUT2D eigenvalue weighted by Crippen LogP contribution is -2.40. The van der Waals surface area contributed by atoms with Gasteiger partial charge < -0.3 is 15.0 Å². The van der Waals surface area contributed by atoms with E-state index in [1.807, 2.05) is 38.1 Å². The molecule has 0 heterocycles. The van der Waals surface area contributed by atoms with Gasteiger partial charge >= 0.3 is 6.03 Å². The fourth-order valence-corrected chi connectivity index (χ4v) is 3.18. The van der Waals surface area contributed by atoms with Crippen LogP contribution in [-0.4, -0.2) is 45.8 Å². The zero-order chi connectivity index (χ0) is 20.0. The summed E-state index contributed by atoms with van der Waals surface area (Å²) in [4.78, 5) is 14.1. The van der Waals surface area contributed by atoms with Crippen molar-refractivity contribution in [2.75, 3.05) is 26.5 Å². The quantitative estimate of drug-likeness (QED) is 0.737. The van der Waals surface area contributed by atoms with Crippen LogP contribution in [0.5, 0.6) is 5.75 Å². The average Bonchev–Trinajstić information content (AvgIpc) is 2.63. The zero-order valence-electron chi connectivity index (χ0n) is 16.1. The Morgan fingerprint density at radius 3 is 2.44 bits per heavy atom. The number of carbonyl (C=O) groups excluding carboxylic acids is 1. The Kier molecular flexibility index (Phi) is 6.85. The maximum Gasteiger partial charge on any atom is 0.317 e. The Balaban J connectivity index is 1.85. The average molecular weight is 391 g/mol. The van der Waals surface area contributed by atoms with E-state index < -0.39 is 9.84 Å². The van der Waals surface area contributed by atoms with Gasteiger partial charge in [0, 0.05) is 13.3 Å². The van der Waals surface area contributed by atoms with Crippen molar-refractivity contribution in [2.45, 2.75) is 24.8 Å². The number of rotatable bonds is 7. The third-order valence-electron chi connectivity index (χ3n) is 4.33. The van der Waals surface area contributed by atoms with Crippen LogP contribution in [0.15, 0.2) is 53.4 Å². The minimum Gasteiger partial charge on any atom is -0.492 e. The lowest BCUT2D eigenvalue weighted by molar-refractivity contribution is 0.191. The van der Waals surface area contributed by atoms with Gasteiger partial charge in [-0.1, -0.05) is 24.3 Å². The SMILES string of the molecule is Cc1cccc(OCCNC(=O)N(C)C(C)c2ccc(S(C)(=O)=O)cc2)c1. The summed E-state index contributed by atoms with van der Waals surface area (Å²) in [7, 11) is -1.53. The van der Waals surface area contributed by atoms with E-state index in [0.29, 0.717) is 13.2 Å². The van der Waals surface area contributed by atoms with E-state index in [1.54, 1.807) is 36.2 Å². The number of hydrogen-bond donors (Lipinski definition) is 1. The summed E-state index contributed by atoms with van der Waals surface area (Å²) >= 11 is 0. The van der Waals surface area contributed by atoms with Crippen molar-refractivity contribution in [3.63, 3.8) is 0 Å². The normalized spacial score (nSPS) is 12.3. The number of amides is 2. The van der Waals surface area contributed by atoms with Crippen molar-refractivity contribution >= 4 is 15.9 Å². The molecule has 0 aliphatic heterocycles. The van der Waals surface area contributed by atoms with Crippen LogP contribution in [0.1, 0.15) is 24.1 Å². The second-order valence-corrected chi connectivity index (χ2v) is 8.54. The molecule has 0 spiro atoms. The molecule has 0 radical (unpaired) electrons. The van der Waals surface area contributed by atoms with Crippen LogP contribution in [-0.2, 0) is 9.84 Å². The topological polar surface area (TPSA) is 75.7 Å². The molecule has 1 N–H and O–H groups in total. The fourth-order valence-electron chi connectivity index (χ4n) is 2.55. The van der Waals surface area contributed by atoms with E-state index in [0.717, 1.165) is 16.9 Å². The monoisotopic (exact) mass is 390 g/mol. The molecular weight excluding hydrogens is 364 g/mol. The van der Waals surface area contributed by atoms with Crippen molar-refractivity contribution in [1.82, 2.24) is 10.2 Å². The number of hydrogen-bond acceptors (Lipinski definition) is 4. The molecule has 0 aliphatic rings. The van der Waals surface area contributed by atoms with Crippen LogP contribution >= 0.6 is 0 Å². The summed E-state index contributed by atoms with van der Waals surface area (Å²) in [6.07, 6.45) is 1.17. The lowest BCUT2D eigenvalue weighted by atomic mass is 10.1. The number of urea groups is 1. The molecule has 146 valence electrons. The summed E-state index contributed by atoms with van der Waals surface area (Å²) in [6.45, 7) is 4.64. The fraction of sp³-hybridized carbons (Fsp3) is 0.350. The molecule has 6 nitrogen and oxygen atoms in total. The summed E-state index contributed by atoms with van der Waals surface area (Å²) < 4.78 is 28.7. The highest BCUT2D eigenvalue weighted by Crippen LogP contribution is 2.20. The molecule has 2 aromatic rings. The number of sulfone groups is 1. The first-order chi connectivity index (χ1) is 12.7. The van der Waals surface area contributed by atoms with Crippen LogP contribution in [0.4, 0.5) is 4.79 Å². The third kappa shape index (κ3) is 5.99. The van der Waals surface area contributed by atoms with Gasteiger partial charge in [0.2, 0.25) is 0 Å². The second-order valence-electron chi connectivity index (χ2n) is 6.52. The Hall–Kier alpha value is -2.54. The smallest absolute Gasteiger partial charge is 0.317 e. The van der Waals surface area contributed by atoms with Gasteiger partial charge in [0.15, 0.2) is 9.84 Å².